The van der Waals surface area contributed by atoms with Gasteiger partial charge in [-0.2, -0.15) is 4.31 Å². The highest BCUT2D eigenvalue weighted by Gasteiger charge is 2.32. The van der Waals surface area contributed by atoms with Crippen LogP contribution >= 0.6 is 0 Å². The number of benzene rings is 1. The van der Waals surface area contributed by atoms with Crippen molar-refractivity contribution in [2.24, 2.45) is 5.73 Å². The summed E-state index contributed by atoms with van der Waals surface area (Å²) in [4.78, 5) is 13.8. The molecule has 0 heterocycles. The van der Waals surface area contributed by atoms with Crippen molar-refractivity contribution in [1.29, 1.82) is 0 Å². The maximum Gasteiger partial charge on any atom is 0.253 e. The topological polar surface area (TPSA) is 83.7 Å². The first-order valence-corrected chi connectivity index (χ1v) is 10.4. The second-order valence-electron chi connectivity index (χ2n) is 6.78. The first-order chi connectivity index (χ1) is 11.9. The van der Waals surface area contributed by atoms with Gasteiger partial charge in [-0.15, -0.1) is 0 Å². The minimum Gasteiger partial charge on any atom is -0.345 e. The molecular weight excluding hydrogens is 338 g/mol. The lowest BCUT2D eigenvalue weighted by Crippen LogP contribution is -2.42. The molecule has 0 aromatic heterocycles. The Kier molecular flexibility index (Phi) is 6.98. The monoisotopic (exact) mass is 367 g/mol. The molecule has 0 radical (unpaired) electrons. The van der Waals surface area contributed by atoms with E-state index in [1.807, 2.05) is 0 Å². The molecule has 1 saturated carbocycles. The summed E-state index contributed by atoms with van der Waals surface area (Å²) < 4.78 is 28.1. The first-order valence-electron chi connectivity index (χ1n) is 8.91. The van der Waals surface area contributed by atoms with Gasteiger partial charge in [0.05, 0.1) is 4.90 Å². The van der Waals surface area contributed by atoms with E-state index in [1.165, 1.54) is 11.0 Å². The summed E-state index contributed by atoms with van der Waals surface area (Å²) in [6.45, 7) is 0.882. The van der Waals surface area contributed by atoms with Gasteiger partial charge in [0.25, 0.3) is 5.91 Å². The van der Waals surface area contributed by atoms with E-state index in [0.29, 0.717) is 25.1 Å². The number of nitrogens with two attached hydrogens (primary N) is 1. The Labute approximate surface area is 151 Å². The Morgan fingerprint density at radius 1 is 1.20 bits per heavy atom. The molecule has 1 aliphatic rings. The molecule has 0 bridgehead atoms. The molecule has 2 rings (SSSR count). The Bertz CT molecular complexity index is 683. The van der Waals surface area contributed by atoms with Gasteiger partial charge in [0.15, 0.2) is 0 Å². The van der Waals surface area contributed by atoms with Crippen LogP contribution in [0.1, 0.15) is 48.9 Å². The molecule has 0 saturated heterocycles. The molecular formula is C18H29N3O3S. The van der Waals surface area contributed by atoms with Gasteiger partial charge in [0, 0.05) is 32.2 Å². The van der Waals surface area contributed by atoms with Crippen LogP contribution in [0.4, 0.5) is 0 Å². The zero-order chi connectivity index (χ0) is 18.4. The molecule has 0 unspecified atom stereocenters. The second-order valence-corrected chi connectivity index (χ2v) is 8.67. The summed E-state index contributed by atoms with van der Waals surface area (Å²) in [6, 6.07) is 6.35. The highest BCUT2D eigenvalue weighted by Crippen LogP contribution is 2.28. The van der Waals surface area contributed by atoms with E-state index >= 15 is 0 Å². The third-order valence-electron chi connectivity index (χ3n) is 4.66. The van der Waals surface area contributed by atoms with Crippen LogP contribution in [0.15, 0.2) is 29.2 Å². The van der Waals surface area contributed by atoms with Crippen LogP contribution in [0.3, 0.4) is 0 Å². The highest BCUT2D eigenvalue weighted by molar-refractivity contribution is 7.89. The quantitative estimate of drug-likeness (QED) is 0.799. The molecule has 1 amide bonds. The Morgan fingerprint density at radius 3 is 2.48 bits per heavy atom. The Balaban J connectivity index is 2.35. The van der Waals surface area contributed by atoms with Crippen molar-refractivity contribution in [3.8, 4) is 0 Å². The number of amides is 1. The molecule has 1 aromatic carbocycles. The lowest BCUT2D eigenvalue weighted by Gasteiger charge is -2.33. The molecule has 2 N–H and O–H groups in total. The van der Waals surface area contributed by atoms with Gasteiger partial charge in [0.1, 0.15) is 0 Å². The van der Waals surface area contributed by atoms with Gasteiger partial charge in [-0.25, -0.2) is 8.42 Å². The van der Waals surface area contributed by atoms with Gasteiger partial charge in [-0.05, 0) is 44.0 Å². The van der Waals surface area contributed by atoms with E-state index in [9.17, 15) is 13.2 Å². The minimum absolute atomic E-state index is 0.0264. The van der Waals surface area contributed by atoms with E-state index < -0.39 is 10.0 Å². The van der Waals surface area contributed by atoms with E-state index in [1.54, 1.807) is 36.6 Å². The fourth-order valence-electron chi connectivity index (χ4n) is 3.30. The Hall–Kier alpha value is -1.44. The van der Waals surface area contributed by atoms with Crippen molar-refractivity contribution in [2.45, 2.75) is 49.5 Å². The fraction of sp³-hybridized carbons (Fsp3) is 0.611. The van der Waals surface area contributed by atoms with E-state index in [2.05, 4.69) is 0 Å². The number of sulfonamides is 1. The summed E-state index contributed by atoms with van der Waals surface area (Å²) in [5.41, 5.74) is 6.00. The first kappa shape index (κ1) is 19.9. The van der Waals surface area contributed by atoms with Gasteiger partial charge in [-0.3, -0.25) is 4.79 Å². The van der Waals surface area contributed by atoms with Crippen LogP contribution in [-0.2, 0) is 10.0 Å². The third-order valence-corrected chi connectivity index (χ3v) is 6.61. The molecule has 0 spiro atoms. The fourth-order valence-corrected chi connectivity index (χ4v) is 5.07. The largest absolute Gasteiger partial charge is 0.345 e. The predicted molar refractivity (Wildman–Crippen MR) is 98.9 cm³/mol. The number of carbonyl (C=O) groups excluding carboxylic acids is 1. The van der Waals surface area contributed by atoms with Gasteiger partial charge in [0.2, 0.25) is 10.0 Å². The van der Waals surface area contributed by atoms with Crippen LogP contribution < -0.4 is 5.73 Å². The van der Waals surface area contributed by atoms with Crippen LogP contribution in [0.2, 0.25) is 0 Å². The van der Waals surface area contributed by atoms with Gasteiger partial charge >= 0.3 is 0 Å². The summed E-state index contributed by atoms with van der Waals surface area (Å²) in [7, 11) is -0.344. The summed E-state index contributed by atoms with van der Waals surface area (Å²) in [5, 5.41) is 0. The lowest BCUT2D eigenvalue weighted by atomic mass is 9.95. The number of rotatable bonds is 7. The molecule has 6 nitrogen and oxygen atoms in total. The van der Waals surface area contributed by atoms with Gasteiger partial charge in [-0.1, -0.05) is 25.3 Å². The average molecular weight is 368 g/mol. The van der Waals surface area contributed by atoms with Crippen molar-refractivity contribution in [1.82, 2.24) is 9.21 Å². The number of nitrogens with zero attached hydrogens (tertiary/aromatic N) is 2. The SMILES string of the molecule is CN(C)C(=O)c1cccc(S(=O)(=O)N(CCCN)C2CCCCC2)c1. The maximum absolute atomic E-state index is 13.2. The Morgan fingerprint density at radius 2 is 1.88 bits per heavy atom. The summed E-state index contributed by atoms with van der Waals surface area (Å²) >= 11 is 0. The van der Waals surface area contributed by atoms with Crippen molar-refractivity contribution >= 4 is 15.9 Å². The van der Waals surface area contributed by atoms with Crippen molar-refractivity contribution in [3.63, 3.8) is 0 Å². The zero-order valence-electron chi connectivity index (χ0n) is 15.1. The summed E-state index contributed by atoms with van der Waals surface area (Å²) in [5.74, 6) is -0.205. The maximum atomic E-state index is 13.2. The summed E-state index contributed by atoms with van der Waals surface area (Å²) in [6.07, 6.45) is 5.68. The zero-order valence-corrected chi connectivity index (χ0v) is 16.0. The average Bonchev–Trinajstić information content (AvgIpc) is 2.62. The second kappa shape index (κ2) is 8.78. The molecule has 1 aliphatic carbocycles. The van der Waals surface area contributed by atoms with Gasteiger partial charge < -0.3 is 10.6 Å². The normalized spacial score (nSPS) is 16.2. The van der Waals surface area contributed by atoms with Crippen LogP contribution in [0, 0.1) is 0 Å². The minimum atomic E-state index is -3.65. The van der Waals surface area contributed by atoms with Crippen molar-refractivity contribution in [2.75, 3.05) is 27.2 Å². The smallest absolute Gasteiger partial charge is 0.253 e. The number of carbonyl (C=O) groups is 1. The lowest BCUT2D eigenvalue weighted by molar-refractivity contribution is 0.0827. The van der Waals surface area contributed by atoms with E-state index in [-0.39, 0.29) is 16.8 Å². The molecule has 0 atom stereocenters. The molecule has 7 heteroatoms. The molecule has 1 fully saturated rings. The van der Waals surface area contributed by atoms with Crippen molar-refractivity contribution in [3.05, 3.63) is 29.8 Å². The number of hydrogen-bond acceptors (Lipinski definition) is 4. The predicted octanol–water partition coefficient (Wildman–Crippen LogP) is 2.06. The van der Waals surface area contributed by atoms with Crippen molar-refractivity contribution < 1.29 is 13.2 Å². The third kappa shape index (κ3) is 4.80. The molecule has 25 heavy (non-hydrogen) atoms. The van der Waals surface area contributed by atoms with Crippen LogP contribution in [0.5, 0.6) is 0 Å². The molecule has 0 aliphatic heterocycles. The van der Waals surface area contributed by atoms with E-state index in [0.717, 1.165) is 32.1 Å². The highest BCUT2D eigenvalue weighted by atomic mass is 32.2. The number of hydrogen-bond donors (Lipinski definition) is 1. The molecule has 1 aromatic rings. The van der Waals surface area contributed by atoms with E-state index in [4.69, 9.17) is 5.73 Å². The molecule has 140 valence electrons. The van der Waals surface area contributed by atoms with Crippen LogP contribution in [0.25, 0.3) is 0 Å². The van der Waals surface area contributed by atoms with Crippen LogP contribution in [-0.4, -0.2) is 56.8 Å². The standard InChI is InChI=1S/C18H29N3O3S/c1-20(2)18(22)15-8-6-11-17(14-15)25(23,24)21(13-7-12-19)16-9-4-3-5-10-16/h6,8,11,14,16H,3-5,7,9-10,12-13,19H2,1-2H3.